The minimum Gasteiger partial charge on any atom is -0.274 e. The van der Waals surface area contributed by atoms with Crippen molar-refractivity contribution in [1.29, 1.82) is 0 Å². The molecule has 1 saturated heterocycles. The number of nitrogens with zero attached hydrogens (tertiary/aromatic N) is 2. The summed E-state index contributed by atoms with van der Waals surface area (Å²) < 4.78 is 27.2. The number of hydrogen-bond donors (Lipinski definition) is 0. The van der Waals surface area contributed by atoms with Crippen LogP contribution in [-0.4, -0.2) is 49.1 Å². The van der Waals surface area contributed by atoms with Crippen molar-refractivity contribution in [2.24, 2.45) is 0 Å². The third kappa shape index (κ3) is 3.51. The first-order valence-electron chi connectivity index (χ1n) is 10.9. The molecule has 3 aromatic rings. The van der Waals surface area contributed by atoms with E-state index in [2.05, 4.69) is 0 Å². The second kappa shape index (κ2) is 8.15. The van der Waals surface area contributed by atoms with Gasteiger partial charge >= 0.3 is 0 Å². The molecule has 5 rings (SSSR count). The molecule has 7 heteroatoms. The van der Waals surface area contributed by atoms with Gasteiger partial charge < -0.3 is 0 Å². The zero-order chi connectivity index (χ0) is 22.3. The molecule has 164 valence electrons. The molecule has 0 N–H and O–H groups in total. The zero-order valence-corrected chi connectivity index (χ0v) is 18.5. The monoisotopic (exact) mass is 448 g/mol. The van der Waals surface area contributed by atoms with Gasteiger partial charge in [-0.3, -0.25) is 14.5 Å². The molecule has 1 fully saturated rings. The molecule has 0 aromatic heterocycles. The van der Waals surface area contributed by atoms with E-state index < -0.39 is 10.0 Å². The van der Waals surface area contributed by atoms with Crippen LogP contribution in [0.1, 0.15) is 45.5 Å². The molecule has 0 aliphatic carbocycles. The molecular formula is C25H24N2O4S. The first-order valence-corrected chi connectivity index (χ1v) is 12.4. The number of carbonyl (C=O) groups is 2. The van der Waals surface area contributed by atoms with E-state index in [0.717, 1.165) is 30.2 Å². The molecule has 0 spiro atoms. The van der Waals surface area contributed by atoms with Crippen LogP contribution in [0, 0.1) is 0 Å². The fraction of sp³-hybridized carbons (Fsp3) is 0.280. The Morgan fingerprint density at radius 1 is 0.750 bits per heavy atom. The number of amides is 2. The smallest absolute Gasteiger partial charge is 0.261 e. The maximum Gasteiger partial charge on any atom is 0.261 e. The standard InChI is InChI=1S/C25H24N2O4S/c28-24-21-8-4-6-19-7-5-9-22(23(19)21)25(29)27(24)17-14-18-10-12-20(13-11-18)32(30,31)26-15-2-1-3-16-26/h4-13H,1-3,14-17H2. The summed E-state index contributed by atoms with van der Waals surface area (Å²) >= 11 is 0. The van der Waals surface area contributed by atoms with Crippen LogP contribution in [0.4, 0.5) is 0 Å². The molecule has 2 heterocycles. The zero-order valence-electron chi connectivity index (χ0n) is 17.7. The predicted octanol–water partition coefficient (Wildman–Crippen LogP) is 3.85. The summed E-state index contributed by atoms with van der Waals surface area (Å²) in [4.78, 5) is 27.6. The van der Waals surface area contributed by atoms with Gasteiger partial charge in [0.2, 0.25) is 10.0 Å². The maximum absolute atomic E-state index is 13.0. The molecule has 0 bridgehead atoms. The van der Waals surface area contributed by atoms with Crippen LogP contribution in [0.5, 0.6) is 0 Å². The second-order valence-electron chi connectivity index (χ2n) is 8.33. The number of imide groups is 1. The summed E-state index contributed by atoms with van der Waals surface area (Å²) in [5.74, 6) is -0.577. The number of hydrogen-bond acceptors (Lipinski definition) is 4. The maximum atomic E-state index is 13.0. The summed E-state index contributed by atoms with van der Waals surface area (Å²) in [6.45, 7) is 1.37. The Morgan fingerprint density at radius 2 is 1.34 bits per heavy atom. The van der Waals surface area contributed by atoms with Crippen molar-refractivity contribution in [3.05, 3.63) is 77.4 Å². The van der Waals surface area contributed by atoms with Gasteiger partial charge in [-0.2, -0.15) is 4.31 Å². The number of sulfonamides is 1. The van der Waals surface area contributed by atoms with Crippen LogP contribution in [0.3, 0.4) is 0 Å². The van der Waals surface area contributed by atoms with Gasteiger partial charge in [-0.1, -0.05) is 42.8 Å². The van der Waals surface area contributed by atoms with Crippen molar-refractivity contribution < 1.29 is 18.0 Å². The van der Waals surface area contributed by atoms with E-state index in [4.69, 9.17) is 0 Å². The Morgan fingerprint density at radius 3 is 1.94 bits per heavy atom. The minimum absolute atomic E-state index is 0.237. The molecule has 3 aromatic carbocycles. The van der Waals surface area contributed by atoms with E-state index in [1.54, 1.807) is 40.7 Å². The van der Waals surface area contributed by atoms with Gasteiger partial charge in [-0.15, -0.1) is 0 Å². The van der Waals surface area contributed by atoms with Gasteiger partial charge in [0.05, 0.1) is 4.90 Å². The van der Waals surface area contributed by atoms with Gasteiger partial charge in [0.1, 0.15) is 0 Å². The summed E-state index contributed by atoms with van der Waals surface area (Å²) in [7, 11) is -3.47. The SMILES string of the molecule is O=C1c2cccc3cccc(c23)C(=O)N1CCc1ccc(S(=O)(=O)N2CCCCC2)cc1. The summed E-state index contributed by atoms with van der Waals surface area (Å²) in [5, 5.41) is 1.60. The number of piperidine rings is 1. The predicted molar refractivity (Wildman–Crippen MR) is 122 cm³/mol. The Bertz CT molecular complexity index is 1260. The van der Waals surface area contributed by atoms with E-state index in [0.29, 0.717) is 36.0 Å². The fourth-order valence-electron chi connectivity index (χ4n) is 4.61. The summed E-state index contributed by atoms with van der Waals surface area (Å²) in [6, 6.07) is 17.8. The summed E-state index contributed by atoms with van der Waals surface area (Å²) in [5.41, 5.74) is 1.96. The lowest BCUT2D eigenvalue weighted by Gasteiger charge is -2.27. The lowest BCUT2D eigenvalue weighted by atomic mass is 9.94. The van der Waals surface area contributed by atoms with Crippen molar-refractivity contribution in [3.8, 4) is 0 Å². The number of carbonyl (C=O) groups excluding carboxylic acids is 2. The van der Waals surface area contributed by atoms with Crippen LogP contribution >= 0.6 is 0 Å². The molecule has 0 atom stereocenters. The van der Waals surface area contributed by atoms with Crippen molar-refractivity contribution in [1.82, 2.24) is 9.21 Å². The van der Waals surface area contributed by atoms with Crippen molar-refractivity contribution in [2.45, 2.75) is 30.6 Å². The lowest BCUT2D eigenvalue weighted by Crippen LogP contribution is -2.41. The van der Waals surface area contributed by atoms with Crippen LogP contribution in [-0.2, 0) is 16.4 Å². The molecule has 0 saturated carbocycles. The molecule has 2 amide bonds. The Hall–Kier alpha value is -3.03. The number of rotatable bonds is 5. The highest BCUT2D eigenvalue weighted by Gasteiger charge is 2.32. The first kappa shape index (κ1) is 20.8. The van der Waals surface area contributed by atoms with Crippen molar-refractivity contribution in [2.75, 3.05) is 19.6 Å². The van der Waals surface area contributed by atoms with Crippen LogP contribution in [0.2, 0.25) is 0 Å². The summed E-state index contributed by atoms with van der Waals surface area (Å²) in [6.07, 6.45) is 3.32. The molecule has 32 heavy (non-hydrogen) atoms. The van der Waals surface area contributed by atoms with Crippen molar-refractivity contribution >= 4 is 32.6 Å². The van der Waals surface area contributed by atoms with E-state index in [9.17, 15) is 18.0 Å². The molecule has 6 nitrogen and oxygen atoms in total. The lowest BCUT2D eigenvalue weighted by molar-refractivity contribution is 0.0612. The Balaban J connectivity index is 1.33. The molecule has 0 unspecified atom stereocenters. The van der Waals surface area contributed by atoms with Gasteiger partial charge in [-0.25, -0.2) is 8.42 Å². The highest BCUT2D eigenvalue weighted by molar-refractivity contribution is 7.89. The fourth-order valence-corrected chi connectivity index (χ4v) is 6.12. The third-order valence-electron chi connectivity index (χ3n) is 6.36. The van der Waals surface area contributed by atoms with Crippen LogP contribution < -0.4 is 0 Å². The topological polar surface area (TPSA) is 74.8 Å². The average molecular weight is 449 g/mol. The molecule has 0 radical (unpaired) electrons. The van der Waals surface area contributed by atoms with Crippen molar-refractivity contribution in [3.63, 3.8) is 0 Å². The normalized spacial score (nSPS) is 17.2. The largest absolute Gasteiger partial charge is 0.274 e. The minimum atomic E-state index is -3.47. The molecule has 2 aliphatic rings. The van der Waals surface area contributed by atoms with E-state index in [1.807, 2.05) is 24.3 Å². The Kier molecular flexibility index (Phi) is 5.31. The van der Waals surface area contributed by atoms with E-state index in [1.165, 1.54) is 4.90 Å². The van der Waals surface area contributed by atoms with Crippen LogP contribution in [0.25, 0.3) is 10.8 Å². The highest BCUT2D eigenvalue weighted by Crippen LogP contribution is 2.30. The quantitative estimate of drug-likeness (QED) is 0.556. The second-order valence-corrected chi connectivity index (χ2v) is 10.3. The van der Waals surface area contributed by atoms with Gasteiger partial charge in [0, 0.05) is 36.1 Å². The Labute approximate surface area is 187 Å². The first-order chi connectivity index (χ1) is 15.5. The third-order valence-corrected chi connectivity index (χ3v) is 8.27. The average Bonchev–Trinajstić information content (AvgIpc) is 2.83. The van der Waals surface area contributed by atoms with E-state index in [-0.39, 0.29) is 23.3 Å². The molecular weight excluding hydrogens is 424 g/mol. The van der Waals surface area contributed by atoms with Gasteiger partial charge in [-0.05, 0) is 54.5 Å². The van der Waals surface area contributed by atoms with Crippen LogP contribution in [0.15, 0.2) is 65.6 Å². The van der Waals surface area contributed by atoms with E-state index >= 15 is 0 Å². The highest BCUT2D eigenvalue weighted by atomic mass is 32.2. The molecule has 2 aliphatic heterocycles. The van der Waals surface area contributed by atoms with Gasteiger partial charge in [0.25, 0.3) is 11.8 Å². The number of benzene rings is 3. The van der Waals surface area contributed by atoms with Gasteiger partial charge in [0.15, 0.2) is 0 Å².